The van der Waals surface area contributed by atoms with Gasteiger partial charge in [0.05, 0.1) is 5.56 Å². The van der Waals surface area contributed by atoms with Crippen molar-refractivity contribution in [1.82, 2.24) is 0 Å². The summed E-state index contributed by atoms with van der Waals surface area (Å²) in [7, 11) is 0. The van der Waals surface area contributed by atoms with Crippen molar-refractivity contribution in [2.75, 3.05) is 0 Å². The second-order valence-electron chi connectivity index (χ2n) is 5.63. The highest BCUT2D eigenvalue weighted by atomic mass is 19.1. The van der Waals surface area contributed by atoms with Crippen LogP contribution in [0, 0.1) is 18.6 Å². The quantitative estimate of drug-likeness (QED) is 0.743. The second-order valence-corrected chi connectivity index (χ2v) is 5.63. The highest BCUT2D eigenvalue weighted by molar-refractivity contribution is 6.09. The van der Waals surface area contributed by atoms with Gasteiger partial charge in [-0.15, -0.1) is 0 Å². The molecule has 0 radical (unpaired) electrons. The van der Waals surface area contributed by atoms with Crippen molar-refractivity contribution in [1.29, 1.82) is 0 Å². The molecule has 108 valence electrons. The van der Waals surface area contributed by atoms with Gasteiger partial charge < -0.3 is 0 Å². The maximum absolute atomic E-state index is 14.0. The zero-order chi connectivity index (χ0) is 15.0. The minimum Gasteiger partial charge on any atom is -0.288 e. The van der Waals surface area contributed by atoms with Gasteiger partial charge in [-0.05, 0) is 42.9 Å². The van der Waals surface area contributed by atoms with Crippen LogP contribution in [0.1, 0.15) is 52.2 Å². The second kappa shape index (κ2) is 5.40. The molecule has 0 unspecified atom stereocenters. The van der Waals surface area contributed by atoms with Gasteiger partial charge in [0.2, 0.25) is 0 Å². The highest BCUT2D eigenvalue weighted by Gasteiger charge is 2.22. The molecular formula is C18H16F2O. The van der Waals surface area contributed by atoms with Crippen LogP contribution in [0.4, 0.5) is 8.78 Å². The van der Waals surface area contributed by atoms with Crippen molar-refractivity contribution in [2.24, 2.45) is 0 Å². The number of carbonyl (C=O) groups is 1. The van der Waals surface area contributed by atoms with Crippen molar-refractivity contribution in [2.45, 2.75) is 32.1 Å². The molecule has 0 heterocycles. The van der Waals surface area contributed by atoms with Crippen molar-refractivity contribution in [3.63, 3.8) is 0 Å². The Kier molecular flexibility index (Phi) is 3.58. The minimum atomic E-state index is -0.814. The third kappa shape index (κ3) is 2.48. The van der Waals surface area contributed by atoms with E-state index in [0.29, 0.717) is 11.5 Å². The average molecular weight is 286 g/mol. The summed E-state index contributed by atoms with van der Waals surface area (Å²) in [6.07, 6.45) is 3.59. The molecule has 2 aromatic rings. The van der Waals surface area contributed by atoms with Gasteiger partial charge in [-0.1, -0.05) is 36.8 Å². The summed E-state index contributed by atoms with van der Waals surface area (Å²) in [6.45, 7) is 1.52. The van der Waals surface area contributed by atoms with E-state index in [0.717, 1.165) is 6.07 Å². The predicted molar refractivity (Wildman–Crippen MR) is 77.6 cm³/mol. The van der Waals surface area contributed by atoms with Gasteiger partial charge in [-0.2, -0.15) is 0 Å². The Bertz CT molecular complexity index is 685. The lowest BCUT2D eigenvalue weighted by atomic mass is 9.80. The normalized spacial score (nSPS) is 14.8. The van der Waals surface area contributed by atoms with Crippen LogP contribution in [-0.4, -0.2) is 5.78 Å². The fourth-order valence-electron chi connectivity index (χ4n) is 2.66. The van der Waals surface area contributed by atoms with Gasteiger partial charge >= 0.3 is 0 Å². The van der Waals surface area contributed by atoms with Crippen LogP contribution in [0.15, 0.2) is 36.4 Å². The zero-order valence-corrected chi connectivity index (χ0v) is 11.8. The summed E-state index contributed by atoms with van der Waals surface area (Å²) in [4.78, 5) is 12.3. The zero-order valence-electron chi connectivity index (χ0n) is 11.8. The number of halogens is 2. The largest absolute Gasteiger partial charge is 0.288 e. The van der Waals surface area contributed by atoms with Crippen molar-refractivity contribution < 1.29 is 13.6 Å². The Morgan fingerprint density at radius 2 is 1.71 bits per heavy atom. The van der Waals surface area contributed by atoms with E-state index in [1.54, 1.807) is 12.1 Å². The Morgan fingerprint density at radius 1 is 1.05 bits per heavy atom. The van der Waals surface area contributed by atoms with Gasteiger partial charge in [0.15, 0.2) is 5.78 Å². The fourth-order valence-corrected chi connectivity index (χ4v) is 2.66. The van der Waals surface area contributed by atoms with Crippen LogP contribution in [0.5, 0.6) is 0 Å². The summed E-state index contributed by atoms with van der Waals surface area (Å²) in [5, 5.41) is 0. The van der Waals surface area contributed by atoms with E-state index in [4.69, 9.17) is 0 Å². The first-order valence-corrected chi connectivity index (χ1v) is 7.17. The number of aryl methyl sites for hydroxylation is 1. The first-order chi connectivity index (χ1) is 10.1. The van der Waals surface area contributed by atoms with Crippen LogP contribution < -0.4 is 0 Å². The van der Waals surface area contributed by atoms with Gasteiger partial charge in [0.1, 0.15) is 11.6 Å². The number of rotatable bonds is 3. The summed E-state index contributed by atoms with van der Waals surface area (Å²) in [6, 6.07) is 9.58. The molecule has 1 saturated carbocycles. The van der Waals surface area contributed by atoms with Gasteiger partial charge in [0, 0.05) is 5.56 Å². The number of carbonyl (C=O) groups excluding carboxylic acids is 1. The van der Waals surface area contributed by atoms with E-state index in [1.807, 2.05) is 12.1 Å². The topological polar surface area (TPSA) is 17.1 Å². The van der Waals surface area contributed by atoms with E-state index in [9.17, 15) is 13.6 Å². The van der Waals surface area contributed by atoms with E-state index in [-0.39, 0.29) is 5.56 Å². The molecular weight excluding hydrogens is 270 g/mol. The molecule has 21 heavy (non-hydrogen) atoms. The van der Waals surface area contributed by atoms with Crippen molar-refractivity contribution in [3.05, 3.63) is 70.3 Å². The van der Waals surface area contributed by atoms with Crippen LogP contribution in [0.25, 0.3) is 0 Å². The maximum Gasteiger partial charge on any atom is 0.198 e. The summed E-state index contributed by atoms with van der Waals surface area (Å²) < 4.78 is 27.8. The number of benzene rings is 2. The molecule has 0 saturated heterocycles. The molecule has 1 aliphatic rings. The number of hydrogen-bond acceptors (Lipinski definition) is 1. The first kappa shape index (κ1) is 13.9. The van der Waals surface area contributed by atoms with Crippen LogP contribution in [-0.2, 0) is 0 Å². The Hall–Kier alpha value is -2.03. The molecule has 2 aromatic carbocycles. The smallest absolute Gasteiger partial charge is 0.198 e. The SMILES string of the molecule is Cc1ccc(F)c(C(=O)c2ccc(C3CCC3)cc2)c1F. The standard InChI is InChI=1S/C18H16F2O/c1-11-5-10-15(19)16(17(11)20)18(21)14-8-6-13(7-9-14)12-3-2-4-12/h5-10,12H,2-4H2,1H3. The monoisotopic (exact) mass is 286 g/mol. The van der Waals surface area contributed by atoms with E-state index >= 15 is 0 Å². The fraction of sp³-hybridized carbons (Fsp3) is 0.278. The summed E-state index contributed by atoms with van der Waals surface area (Å²) >= 11 is 0. The Balaban J connectivity index is 1.93. The van der Waals surface area contributed by atoms with Gasteiger partial charge in [-0.25, -0.2) is 8.78 Å². The Labute approximate surface area is 122 Å². The number of ketones is 1. The third-order valence-corrected chi connectivity index (χ3v) is 4.26. The van der Waals surface area contributed by atoms with Crippen LogP contribution in [0.3, 0.4) is 0 Å². The lowest BCUT2D eigenvalue weighted by Crippen LogP contribution is -2.11. The molecule has 1 fully saturated rings. The lowest BCUT2D eigenvalue weighted by molar-refractivity contribution is 0.103. The molecule has 0 spiro atoms. The third-order valence-electron chi connectivity index (χ3n) is 4.26. The van der Waals surface area contributed by atoms with Crippen molar-refractivity contribution in [3.8, 4) is 0 Å². The molecule has 0 aliphatic heterocycles. The van der Waals surface area contributed by atoms with E-state index in [2.05, 4.69) is 0 Å². The molecule has 0 N–H and O–H groups in total. The van der Waals surface area contributed by atoms with Crippen LogP contribution >= 0.6 is 0 Å². The van der Waals surface area contributed by atoms with Crippen molar-refractivity contribution >= 4 is 5.78 Å². The highest BCUT2D eigenvalue weighted by Crippen LogP contribution is 2.36. The lowest BCUT2D eigenvalue weighted by Gasteiger charge is -2.25. The summed E-state index contributed by atoms with van der Waals surface area (Å²) in [5.74, 6) is -1.62. The molecule has 1 aliphatic carbocycles. The average Bonchev–Trinajstić information content (AvgIpc) is 2.42. The predicted octanol–water partition coefficient (Wildman–Crippen LogP) is 4.77. The minimum absolute atomic E-state index is 0.269. The molecule has 0 aromatic heterocycles. The molecule has 0 amide bonds. The van der Waals surface area contributed by atoms with Gasteiger partial charge in [-0.3, -0.25) is 4.79 Å². The van der Waals surface area contributed by atoms with E-state index < -0.39 is 23.0 Å². The van der Waals surface area contributed by atoms with Crippen LogP contribution in [0.2, 0.25) is 0 Å². The first-order valence-electron chi connectivity index (χ1n) is 7.17. The summed E-state index contributed by atoms with van der Waals surface area (Å²) in [5.41, 5.74) is 1.32. The Morgan fingerprint density at radius 3 is 2.29 bits per heavy atom. The molecule has 3 rings (SSSR count). The molecule has 3 heteroatoms. The number of hydrogen-bond donors (Lipinski definition) is 0. The molecule has 1 nitrogen and oxygen atoms in total. The van der Waals surface area contributed by atoms with E-state index in [1.165, 1.54) is 37.8 Å². The molecule has 0 bridgehead atoms. The van der Waals surface area contributed by atoms with Gasteiger partial charge in [0.25, 0.3) is 0 Å². The maximum atomic E-state index is 14.0. The molecule has 0 atom stereocenters.